The lowest BCUT2D eigenvalue weighted by atomic mass is 10.1. The van der Waals surface area contributed by atoms with Crippen LogP contribution in [0.25, 0.3) is 6.08 Å². The Balaban J connectivity index is 1.81. The van der Waals surface area contributed by atoms with Gasteiger partial charge in [-0.1, -0.05) is 36.4 Å². The lowest BCUT2D eigenvalue weighted by Gasteiger charge is -2.15. The number of phenolic OH excluding ortho intramolecular Hbond substituents is 1. The predicted octanol–water partition coefficient (Wildman–Crippen LogP) is 6.73. The molecule has 3 aromatic rings. The van der Waals surface area contributed by atoms with E-state index in [2.05, 4.69) is 31.9 Å². The highest BCUT2D eigenvalue weighted by atomic mass is 79.9. The van der Waals surface area contributed by atoms with Crippen LogP contribution in [-0.2, 0) is 4.79 Å². The maximum atomic E-state index is 13.4. The third-order valence-electron chi connectivity index (χ3n) is 4.48. The van der Waals surface area contributed by atoms with Crippen molar-refractivity contribution >= 4 is 72.1 Å². The monoisotopic (exact) mass is 558 g/mol. The molecule has 1 fully saturated rings. The number of hydrogen-bond donors (Lipinski definition) is 1. The molecule has 1 heterocycles. The topological polar surface area (TPSA) is 62.1 Å². The number of phenols is 1. The summed E-state index contributed by atoms with van der Waals surface area (Å²) in [5, 5.41) is 10.8. The van der Waals surface area contributed by atoms with E-state index in [-0.39, 0.29) is 11.7 Å². The summed E-state index contributed by atoms with van der Waals surface area (Å²) in [6.07, 6.45) is 1.76. The maximum absolute atomic E-state index is 13.4. The molecule has 1 aliphatic rings. The first-order valence-electron chi connectivity index (χ1n) is 9.17. The number of anilines is 1. The van der Waals surface area contributed by atoms with Crippen LogP contribution in [0.15, 0.2) is 85.6 Å². The smallest absolute Gasteiger partial charge is 0.271 e. The number of halogens is 2. The fraction of sp³-hybridized carbons (Fsp3) is 0.0435. The van der Waals surface area contributed by atoms with Gasteiger partial charge in [-0.05, 0) is 85.6 Å². The summed E-state index contributed by atoms with van der Waals surface area (Å²) in [7, 11) is 1.48. The third kappa shape index (κ3) is 4.42. The molecule has 5 nitrogen and oxygen atoms in total. The number of amides is 1. The molecule has 0 spiro atoms. The minimum absolute atomic E-state index is 0.0147. The van der Waals surface area contributed by atoms with Crippen molar-refractivity contribution in [2.24, 2.45) is 4.99 Å². The second-order valence-corrected chi connectivity index (χ2v) is 9.06. The molecule has 8 heteroatoms. The van der Waals surface area contributed by atoms with Crippen molar-refractivity contribution in [3.05, 3.63) is 86.1 Å². The summed E-state index contributed by atoms with van der Waals surface area (Å²) in [6.45, 7) is 0. The molecule has 0 unspecified atom stereocenters. The summed E-state index contributed by atoms with van der Waals surface area (Å²) >= 11 is 8.13. The van der Waals surface area contributed by atoms with Gasteiger partial charge in [0.05, 0.1) is 27.9 Å². The first-order chi connectivity index (χ1) is 15.0. The molecular formula is C23H16Br2N2O3S. The van der Waals surface area contributed by atoms with Gasteiger partial charge in [0.2, 0.25) is 0 Å². The summed E-state index contributed by atoms with van der Waals surface area (Å²) in [6, 6.07) is 20.6. The molecule has 0 saturated carbocycles. The molecule has 0 radical (unpaired) electrons. The highest BCUT2D eigenvalue weighted by Crippen LogP contribution is 2.44. The average molecular weight is 560 g/mol. The third-order valence-corrected chi connectivity index (χ3v) is 7.61. The molecule has 1 amide bonds. The van der Waals surface area contributed by atoms with Crippen LogP contribution in [0.2, 0.25) is 0 Å². The molecule has 156 valence electrons. The highest BCUT2D eigenvalue weighted by molar-refractivity contribution is 9.13. The van der Waals surface area contributed by atoms with Crippen molar-refractivity contribution in [1.82, 2.24) is 0 Å². The van der Waals surface area contributed by atoms with E-state index >= 15 is 0 Å². The van der Waals surface area contributed by atoms with Crippen LogP contribution in [-0.4, -0.2) is 23.3 Å². The molecule has 31 heavy (non-hydrogen) atoms. The molecule has 1 aliphatic heterocycles. The van der Waals surface area contributed by atoms with Crippen molar-refractivity contribution in [2.75, 3.05) is 12.0 Å². The van der Waals surface area contributed by atoms with Crippen molar-refractivity contribution in [2.45, 2.75) is 0 Å². The minimum Gasteiger partial charge on any atom is -0.503 e. The van der Waals surface area contributed by atoms with Crippen LogP contribution in [0, 0.1) is 0 Å². The first-order valence-corrected chi connectivity index (χ1v) is 11.6. The fourth-order valence-corrected chi connectivity index (χ4v) is 4.81. The number of para-hydroxylation sites is 2. The summed E-state index contributed by atoms with van der Waals surface area (Å²) in [5.41, 5.74) is 2.18. The van der Waals surface area contributed by atoms with Gasteiger partial charge in [0.25, 0.3) is 5.91 Å². The lowest BCUT2D eigenvalue weighted by Crippen LogP contribution is -2.28. The Labute approximate surface area is 200 Å². The second-order valence-electron chi connectivity index (χ2n) is 6.46. The zero-order valence-electron chi connectivity index (χ0n) is 16.3. The first kappa shape index (κ1) is 21.7. The number of methoxy groups -OCH3 is 1. The van der Waals surface area contributed by atoms with Crippen LogP contribution in [0.1, 0.15) is 5.56 Å². The van der Waals surface area contributed by atoms with Gasteiger partial charge in [0.1, 0.15) is 0 Å². The molecule has 0 aliphatic carbocycles. The fourth-order valence-electron chi connectivity index (χ4n) is 2.98. The van der Waals surface area contributed by atoms with E-state index in [1.165, 1.54) is 18.9 Å². The van der Waals surface area contributed by atoms with E-state index in [9.17, 15) is 9.90 Å². The van der Waals surface area contributed by atoms with Gasteiger partial charge in [-0.25, -0.2) is 4.99 Å². The molecule has 0 atom stereocenters. The quantitative estimate of drug-likeness (QED) is 0.360. The maximum Gasteiger partial charge on any atom is 0.271 e. The Hall–Kier alpha value is -2.55. The molecule has 4 rings (SSSR count). The van der Waals surface area contributed by atoms with Gasteiger partial charge in [0, 0.05) is 4.47 Å². The Bertz CT molecular complexity index is 1200. The highest BCUT2D eigenvalue weighted by Gasteiger charge is 2.35. The zero-order valence-corrected chi connectivity index (χ0v) is 20.2. The van der Waals surface area contributed by atoms with E-state index in [4.69, 9.17) is 9.73 Å². The van der Waals surface area contributed by atoms with E-state index in [0.717, 1.165) is 11.4 Å². The predicted molar refractivity (Wildman–Crippen MR) is 133 cm³/mol. The number of nitrogens with zero attached hydrogens (tertiary/aromatic N) is 2. The number of aliphatic imine (C=N–C) groups is 1. The summed E-state index contributed by atoms with van der Waals surface area (Å²) in [4.78, 5) is 20.2. The van der Waals surface area contributed by atoms with E-state index < -0.39 is 0 Å². The number of aromatic hydroxyl groups is 1. The Morgan fingerprint density at radius 3 is 2.32 bits per heavy atom. The van der Waals surface area contributed by atoms with Crippen LogP contribution >= 0.6 is 43.6 Å². The van der Waals surface area contributed by atoms with Gasteiger partial charge in [-0.3, -0.25) is 9.69 Å². The Kier molecular flexibility index (Phi) is 6.50. The van der Waals surface area contributed by atoms with Crippen LogP contribution in [0.3, 0.4) is 0 Å². The number of hydrogen-bond acceptors (Lipinski definition) is 5. The normalized spacial score (nSPS) is 16.4. The Morgan fingerprint density at radius 2 is 1.68 bits per heavy atom. The Morgan fingerprint density at radius 1 is 1.03 bits per heavy atom. The SMILES string of the molecule is COc1cc(/C=C2\SC(=Nc3ccccc3)N(c3ccccc3)C2=O)c(Br)c(Br)c1O. The number of thioether (sulfide) groups is 1. The van der Waals surface area contributed by atoms with E-state index in [0.29, 0.717) is 30.3 Å². The van der Waals surface area contributed by atoms with Crippen LogP contribution in [0.4, 0.5) is 11.4 Å². The van der Waals surface area contributed by atoms with Crippen molar-refractivity contribution in [1.29, 1.82) is 0 Å². The second kappa shape index (κ2) is 9.30. The molecule has 1 saturated heterocycles. The lowest BCUT2D eigenvalue weighted by molar-refractivity contribution is -0.113. The van der Waals surface area contributed by atoms with Gasteiger partial charge in [0.15, 0.2) is 16.7 Å². The molecule has 1 N–H and O–H groups in total. The molecule has 3 aromatic carbocycles. The summed E-state index contributed by atoms with van der Waals surface area (Å²) in [5.74, 6) is 0.107. The standard InChI is InChI=1S/C23H16Br2N2O3S/c1-30-17-12-14(19(24)20(25)21(17)28)13-18-22(29)27(16-10-6-3-7-11-16)23(31-18)26-15-8-4-2-5-9-15/h2-13,28H,1H3/b18-13-,26-23?. The van der Waals surface area contributed by atoms with E-state index in [1.54, 1.807) is 17.0 Å². The van der Waals surface area contributed by atoms with Crippen LogP contribution < -0.4 is 9.64 Å². The summed E-state index contributed by atoms with van der Waals surface area (Å²) < 4.78 is 6.32. The molecule has 0 aromatic heterocycles. The molecule has 0 bridgehead atoms. The zero-order chi connectivity index (χ0) is 22.0. The average Bonchev–Trinajstić information content (AvgIpc) is 3.09. The molecular weight excluding hydrogens is 544 g/mol. The largest absolute Gasteiger partial charge is 0.503 e. The van der Waals surface area contributed by atoms with Gasteiger partial charge >= 0.3 is 0 Å². The number of amidine groups is 1. The van der Waals surface area contributed by atoms with Gasteiger partial charge in [-0.2, -0.15) is 0 Å². The van der Waals surface area contributed by atoms with Crippen molar-refractivity contribution in [3.8, 4) is 11.5 Å². The van der Waals surface area contributed by atoms with Crippen LogP contribution in [0.5, 0.6) is 11.5 Å². The number of rotatable bonds is 4. The van der Waals surface area contributed by atoms with Gasteiger partial charge in [-0.15, -0.1) is 0 Å². The number of benzene rings is 3. The number of carbonyl (C=O) groups excluding carboxylic acids is 1. The van der Waals surface area contributed by atoms with E-state index in [1.807, 2.05) is 60.7 Å². The number of ether oxygens (including phenoxy) is 1. The minimum atomic E-state index is -0.180. The number of carbonyl (C=O) groups is 1. The van der Waals surface area contributed by atoms with Crippen molar-refractivity contribution in [3.63, 3.8) is 0 Å². The van der Waals surface area contributed by atoms with Gasteiger partial charge < -0.3 is 9.84 Å². The van der Waals surface area contributed by atoms with Crippen molar-refractivity contribution < 1.29 is 14.6 Å².